The molecule has 1 aliphatic rings. The van der Waals surface area contributed by atoms with Gasteiger partial charge in [-0.25, -0.2) is 0 Å². The number of ether oxygens (including phenoxy) is 1. The third-order valence-corrected chi connectivity index (χ3v) is 8.05. The van der Waals surface area contributed by atoms with Crippen LogP contribution >= 0.6 is 0 Å². The Morgan fingerprint density at radius 3 is 2.04 bits per heavy atom. The van der Waals surface area contributed by atoms with Crippen LogP contribution in [0, 0.1) is 5.92 Å². The number of benzene rings is 1. The fourth-order valence-electron chi connectivity index (χ4n) is 3.96. The van der Waals surface area contributed by atoms with Gasteiger partial charge in [-0.15, -0.1) is 0 Å². The van der Waals surface area contributed by atoms with E-state index in [2.05, 4.69) is 58.9 Å². The first-order valence-corrected chi connectivity index (χ1v) is 12.8. The first kappa shape index (κ1) is 22.4. The predicted octanol–water partition coefficient (Wildman–Crippen LogP) is 6.21. The molecule has 0 unspecified atom stereocenters. The first-order valence-electron chi connectivity index (χ1n) is 11.0. The highest BCUT2D eigenvalue weighted by Gasteiger charge is 2.21. The van der Waals surface area contributed by atoms with E-state index in [4.69, 9.17) is 13.6 Å². The third-order valence-electron chi connectivity index (χ3n) is 5.48. The van der Waals surface area contributed by atoms with Crippen LogP contribution in [0.1, 0.15) is 84.6 Å². The van der Waals surface area contributed by atoms with Crippen LogP contribution in [0.25, 0.3) is 0 Å². The van der Waals surface area contributed by atoms with Crippen molar-refractivity contribution < 1.29 is 13.6 Å². The van der Waals surface area contributed by atoms with Gasteiger partial charge in [0.25, 0.3) is 0 Å². The van der Waals surface area contributed by atoms with E-state index in [0.29, 0.717) is 0 Å². The molecule has 0 amide bonds. The average molecular weight is 393 g/mol. The van der Waals surface area contributed by atoms with Crippen LogP contribution in [0.4, 0.5) is 0 Å². The van der Waals surface area contributed by atoms with Crippen molar-refractivity contribution in [3.05, 3.63) is 29.8 Å². The molecule has 0 aliphatic heterocycles. The smallest absolute Gasteiger partial charge is 0.321 e. The van der Waals surface area contributed by atoms with E-state index < -0.39 is 9.28 Å². The lowest BCUT2D eigenvalue weighted by Crippen LogP contribution is -2.29. The van der Waals surface area contributed by atoms with Crippen LogP contribution in [-0.2, 0) is 8.85 Å². The summed E-state index contributed by atoms with van der Waals surface area (Å²) < 4.78 is 17.9. The summed E-state index contributed by atoms with van der Waals surface area (Å²) in [6, 6.07) is 9.83. The molecule has 0 N–H and O–H groups in total. The molecule has 0 saturated heterocycles. The summed E-state index contributed by atoms with van der Waals surface area (Å²) in [5.74, 6) is 2.68. The van der Waals surface area contributed by atoms with E-state index in [-0.39, 0.29) is 12.2 Å². The molecule has 3 nitrogen and oxygen atoms in total. The highest BCUT2D eigenvalue weighted by molar-refractivity contribution is 6.44. The summed E-state index contributed by atoms with van der Waals surface area (Å²) in [4.78, 5) is 0. The standard InChI is InChI=1S/C23H40O3Si/c1-6-20-8-10-21(11-9-20)22-12-14-23(15-13-22)24-16-7-17-27(25-18(2)3)26-19(4)5/h12-15,18-21,27H,6-11,16-17H2,1-5H3/t20-,21-. The molecule has 4 heteroatoms. The van der Waals surface area contributed by atoms with E-state index in [9.17, 15) is 0 Å². The SMILES string of the molecule is CC[C@H]1CC[C@H](c2ccc(OCCC[SiH](OC(C)C)OC(C)C)cc2)CC1. The Kier molecular flexibility index (Phi) is 9.87. The maximum atomic E-state index is 5.97. The second-order valence-corrected chi connectivity index (χ2v) is 10.5. The van der Waals surface area contributed by atoms with Crippen molar-refractivity contribution in [1.82, 2.24) is 0 Å². The summed E-state index contributed by atoms with van der Waals surface area (Å²) in [5, 5.41) is 0. The van der Waals surface area contributed by atoms with Gasteiger partial charge in [-0.2, -0.15) is 0 Å². The van der Waals surface area contributed by atoms with E-state index in [0.717, 1.165) is 36.7 Å². The van der Waals surface area contributed by atoms with Crippen molar-refractivity contribution in [2.45, 2.75) is 97.3 Å². The molecular formula is C23H40O3Si. The average Bonchev–Trinajstić information content (AvgIpc) is 2.65. The molecule has 27 heavy (non-hydrogen) atoms. The fraction of sp³-hybridized carbons (Fsp3) is 0.739. The maximum Gasteiger partial charge on any atom is 0.321 e. The van der Waals surface area contributed by atoms with Crippen LogP contribution in [0.5, 0.6) is 5.75 Å². The van der Waals surface area contributed by atoms with Gasteiger partial charge in [0, 0.05) is 12.2 Å². The zero-order valence-electron chi connectivity index (χ0n) is 18.1. The highest BCUT2D eigenvalue weighted by Crippen LogP contribution is 2.37. The highest BCUT2D eigenvalue weighted by atomic mass is 28.3. The minimum absolute atomic E-state index is 0.237. The first-order chi connectivity index (χ1) is 13.0. The van der Waals surface area contributed by atoms with Crippen molar-refractivity contribution in [3.8, 4) is 5.75 Å². The van der Waals surface area contributed by atoms with Crippen molar-refractivity contribution in [1.29, 1.82) is 0 Å². The Balaban J connectivity index is 1.71. The molecule has 0 spiro atoms. The maximum absolute atomic E-state index is 5.97. The van der Waals surface area contributed by atoms with Gasteiger partial charge < -0.3 is 13.6 Å². The van der Waals surface area contributed by atoms with Gasteiger partial charge in [-0.3, -0.25) is 0 Å². The van der Waals surface area contributed by atoms with E-state index in [1.54, 1.807) is 0 Å². The molecule has 1 aliphatic carbocycles. The Hall–Kier alpha value is -0.843. The molecule has 0 radical (unpaired) electrons. The quantitative estimate of drug-likeness (QED) is 0.331. The molecule has 1 saturated carbocycles. The minimum atomic E-state index is -1.59. The van der Waals surface area contributed by atoms with Crippen LogP contribution in [0.3, 0.4) is 0 Å². The molecule has 0 aromatic heterocycles. The molecule has 2 rings (SSSR count). The summed E-state index contributed by atoms with van der Waals surface area (Å²) in [6.45, 7) is 11.4. The van der Waals surface area contributed by atoms with Crippen LogP contribution in [-0.4, -0.2) is 28.1 Å². The second kappa shape index (κ2) is 11.9. The normalized spacial score (nSPS) is 20.6. The largest absolute Gasteiger partial charge is 0.494 e. The third kappa shape index (κ3) is 8.37. The molecule has 1 fully saturated rings. The molecule has 0 atom stereocenters. The van der Waals surface area contributed by atoms with E-state index in [1.807, 2.05) is 0 Å². The van der Waals surface area contributed by atoms with Gasteiger partial charge in [0.15, 0.2) is 0 Å². The van der Waals surface area contributed by atoms with Crippen molar-refractivity contribution >= 4 is 9.28 Å². The zero-order chi connectivity index (χ0) is 19.6. The molecule has 0 bridgehead atoms. The van der Waals surface area contributed by atoms with E-state index >= 15 is 0 Å². The van der Waals surface area contributed by atoms with E-state index in [1.165, 1.54) is 37.7 Å². The predicted molar refractivity (Wildman–Crippen MR) is 116 cm³/mol. The van der Waals surface area contributed by atoms with Gasteiger partial charge >= 0.3 is 9.28 Å². The lowest BCUT2D eigenvalue weighted by molar-refractivity contribution is 0.128. The van der Waals surface area contributed by atoms with Crippen LogP contribution in [0.2, 0.25) is 6.04 Å². The Labute approximate surface area is 168 Å². The Bertz CT molecular complexity index is 497. The molecular weight excluding hydrogens is 352 g/mol. The minimum Gasteiger partial charge on any atom is -0.494 e. The van der Waals surface area contributed by atoms with Crippen molar-refractivity contribution in [2.75, 3.05) is 6.61 Å². The van der Waals surface area contributed by atoms with Crippen LogP contribution < -0.4 is 4.74 Å². The topological polar surface area (TPSA) is 27.7 Å². The Morgan fingerprint density at radius 1 is 0.926 bits per heavy atom. The number of hydrogen-bond acceptors (Lipinski definition) is 3. The zero-order valence-corrected chi connectivity index (χ0v) is 19.2. The summed E-state index contributed by atoms with van der Waals surface area (Å²) in [5.41, 5.74) is 1.49. The Morgan fingerprint density at radius 2 is 1.52 bits per heavy atom. The molecule has 154 valence electrons. The summed E-state index contributed by atoms with van der Waals surface area (Å²) in [6.07, 6.45) is 8.27. The molecule has 1 aromatic rings. The van der Waals surface area contributed by atoms with Gasteiger partial charge in [-0.1, -0.05) is 25.5 Å². The van der Waals surface area contributed by atoms with Crippen LogP contribution in [0.15, 0.2) is 24.3 Å². The summed E-state index contributed by atoms with van der Waals surface area (Å²) in [7, 11) is -1.59. The monoisotopic (exact) mass is 392 g/mol. The lowest BCUT2D eigenvalue weighted by Gasteiger charge is -2.28. The fourth-order valence-corrected chi connectivity index (χ4v) is 6.01. The second-order valence-electron chi connectivity index (χ2n) is 8.48. The van der Waals surface area contributed by atoms with Gasteiger partial charge in [-0.05, 0) is 95.4 Å². The van der Waals surface area contributed by atoms with Gasteiger partial charge in [0.2, 0.25) is 0 Å². The molecule has 0 heterocycles. The van der Waals surface area contributed by atoms with Crippen molar-refractivity contribution in [3.63, 3.8) is 0 Å². The number of hydrogen-bond donors (Lipinski definition) is 0. The lowest BCUT2D eigenvalue weighted by atomic mass is 9.78. The van der Waals surface area contributed by atoms with Crippen molar-refractivity contribution in [2.24, 2.45) is 5.92 Å². The van der Waals surface area contributed by atoms with Gasteiger partial charge in [0.05, 0.1) is 6.61 Å². The summed E-state index contributed by atoms with van der Waals surface area (Å²) >= 11 is 0. The van der Waals surface area contributed by atoms with Gasteiger partial charge in [0.1, 0.15) is 5.75 Å². The molecule has 1 aromatic carbocycles. The number of rotatable bonds is 11.